The maximum absolute atomic E-state index is 13.1. The van der Waals surface area contributed by atoms with E-state index in [0.717, 1.165) is 12.5 Å². The third-order valence-electron chi connectivity index (χ3n) is 4.18. The zero-order chi connectivity index (χ0) is 19.2. The largest absolute Gasteiger partial charge is 0.399 e. The van der Waals surface area contributed by atoms with Gasteiger partial charge in [0.15, 0.2) is 14.9 Å². The molecule has 2 aromatic heterocycles. The van der Waals surface area contributed by atoms with E-state index in [1.165, 1.54) is 30.5 Å². The standard InChI is InChI=1S/C16H14F3N3O3S/c1-26(24,25)14-11(3-2-8-20-14)22-13(23)10-4-5-12(21-9-10)15(6-7-15)16(17,18)19/h2-5,8-9H,6-7H2,1H3,(H,22,23). The van der Waals surface area contributed by atoms with Crippen molar-refractivity contribution < 1.29 is 26.4 Å². The minimum atomic E-state index is -4.39. The van der Waals surface area contributed by atoms with Gasteiger partial charge in [-0.2, -0.15) is 13.2 Å². The summed E-state index contributed by atoms with van der Waals surface area (Å²) in [7, 11) is -3.66. The summed E-state index contributed by atoms with van der Waals surface area (Å²) < 4.78 is 62.7. The van der Waals surface area contributed by atoms with Gasteiger partial charge in [0.2, 0.25) is 0 Å². The average molecular weight is 385 g/mol. The lowest BCUT2D eigenvalue weighted by atomic mass is 10.0. The van der Waals surface area contributed by atoms with Crippen molar-refractivity contribution in [2.24, 2.45) is 0 Å². The number of nitrogens with one attached hydrogen (secondary N) is 1. The van der Waals surface area contributed by atoms with Gasteiger partial charge in [-0.3, -0.25) is 9.78 Å². The Balaban J connectivity index is 1.83. The molecule has 0 atom stereocenters. The lowest BCUT2D eigenvalue weighted by Gasteiger charge is -2.18. The first kappa shape index (κ1) is 18.3. The Morgan fingerprint density at radius 2 is 1.88 bits per heavy atom. The van der Waals surface area contributed by atoms with Gasteiger partial charge in [-0.25, -0.2) is 13.4 Å². The zero-order valence-corrected chi connectivity index (χ0v) is 14.4. The van der Waals surface area contributed by atoms with Gasteiger partial charge in [-0.1, -0.05) is 0 Å². The predicted octanol–water partition coefficient (Wildman–Crippen LogP) is 2.73. The molecule has 0 saturated heterocycles. The van der Waals surface area contributed by atoms with E-state index < -0.39 is 27.3 Å². The van der Waals surface area contributed by atoms with Crippen molar-refractivity contribution in [3.63, 3.8) is 0 Å². The first-order valence-corrected chi connectivity index (χ1v) is 9.43. The van der Waals surface area contributed by atoms with Gasteiger partial charge in [-0.15, -0.1) is 0 Å². The number of hydrogen-bond acceptors (Lipinski definition) is 5. The Labute approximate surface area is 147 Å². The van der Waals surface area contributed by atoms with E-state index in [-0.39, 0.29) is 34.8 Å². The van der Waals surface area contributed by atoms with Crippen LogP contribution in [0, 0.1) is 0 Å². The van der Waals surface area contributed by atoms with Crippen LogP contribution in [0.15, 0.2) is 41.7 Å². The van der Waals surface area contributed by atoms with Gasteiger partial charge in [0.05, 0.1) is 16.9 Å². The molecule has 1 aliphatic carbocycles. The van der Waals surface area contributed by atoms with Crippen LogP contribution in [0.1, 0.15) is 28.9 Å². The summed E-state index contributed by atoms with van der Waals surface area (Å²) >= 11 is 0. The molecular formula is C16H14F3N3O3S. The number of nitrogens with zero attached hydrogens (tertiary/aromatic N) is 2. The number of aromatic nitrogens is 2. The lowest BCUT2D eigenvalue weighted by molar-refractivity contribution is -0.161. The molecule has 10 heteroatoms. The van der Waals surface area contributed by atoms with Crippen molar-refractivity contribution in [1.82, 2.24) is 9.97 Å². The molecule has 0 radical (unpaired) electrons. The Hall–Kier alpha value is -2.49. The molecule has 2 aromatic rings. The third kappa shape index (κ3) is 3.28. The molecule has 1 aliphatic rings. The number of rotatable bonds is 4. The Morgan fingerprint density at radius 3 is 2.38 bits per heavy atom. The average Bonchev–Trinajstić information content (AvgIpc) is 3.36. The van der Waals surface area contributed by atoms with E-state index in [1.54, 1.807) is 0 Å². The van der Waals surface area contributed by atoms with Gasteiger partial charge < -0.3 is 5.32 Å². The fourth-order valence-electron chi connectivity index (χ4n) is 2.60. The van der Waals surface area contributed by atoms with Crippen LogP contribution in [0.25, 0.3) is 0 Å². The minimum absolute atomic E-state index is 0.00929. The van der Waals surface area contributed by atoms with Gasteiger partial charge in [-0.05, 0) is 37.1 Å². The highest BCUT2D eigenvalue weighted by atomic mass is 32.2. The van der Waals surface area contributed by atoms with Gasteiger partial charge in [0.25, 0.3) is 5.91 Å². The molecule has 0 bridgehead atoms. The van der Waals surface area contributed by atoms with Gasteiger partial charge in [0, 0.05) is 18.6 Å². The van der Waals surface area contributed by atoms with E-state index in [4.69, 9.17) is 0 Å². The molecule has 3 rings (SSSR count). The van der Waals surface area contributed by atoms with Crippen LogP contribution in [0.2, 0.25) is 0 Å². The monoisotopic (exact) mass is 385 g/mol. The van der Waals surface area contributed by atoms with Crippen LogP contribution in [-0.4, -0.2) is 36.7 Å². The summed E-state index contributed by atoms with van der Waals surface area (Å²) in [4.78, 5) is 19.8. The molecule has 1 N–H and O–H groups in total. The van der Waals surface area contributed by atoms with Crippen molar-refractivity contribution in [2.75, 3.05) is 11.6 Å². The summed E-state index contributed by atoms with van der Waals surface area (Å²) in [6, 6.07) is 5.23. The number of halogens is 3. The topological polar surface area (TPSA) is 89.0 Å². The summed E-state index contributed by atoms with van der Waals surface area (Å²) in [5.41, 5.74) is -2.05. The molecule has 0 aromatic carbocycles. The normalized spacial score (nSPS) is 16.2. The molecule has 0 spiro atoms. The van der Waals surface area contributed by atoms with Crippen LogP contribution in [0.5, 0.6) is 0 Å². The van der Waals surface area contributed by atoms with E-state index in [0.29, 0.717) is 0 Å². The first-order chi connectivity index (χ1) is 12.0. The molecule has 1 amide bonds. The molecule has 1 saturated carbocycles. The summed E-state index contributed by atoms with van der Waals surface area (Å²) in [6.45, 7) is 0. The molecular weight excluding hydrogens is 371 g/mol. The number of amides is 1. The van der Waals surface area contributed by atoms with Crippen LogP contribution in [-0.2, 0) is 15.3 Å². The van der Waals surface area contributed by atoms with Crippen molar-refractivity contribution in [1.29, 1.82) is 0 Å². The highest BCUT2D eigenvalue weighted by Gasteiger charge is 2.65. The number of carbonyl (C=O) groups excluding carboxylic acids is 1. The molecule has 2 heterocycles. The Bertz CT molecular complexity index is 953. The second-order valence-corrected chi connectivity index (χ2v) is 8.03. The number of sulfone groups is 1. The SMILES string of the molecule is CS(=O)(=O)c1ncccc1NC(=O)c1ccc(C2(C(F)(F)F)CC2)nc1. The molecule has 6 nitrogen and oxygen atoms in total. The summed E-state index contributed by atoms with van der Waals surface area (Å²) in [5.74, 6) is -0.696. The number of hydrogen-bond donors (Lipinski definition) is 1. The number of carbonyl (C=O) groups is 1. The van der Waals surface area contributed by atoms with Crippen LogP contribution < -0.4 is 5.32 Å². The highest BCUT2D eigenvalue weighted by molar-refractivity contribution is 7.90. The lowest BCUT2D eigenvalue weighted by Crippen LogP contribution is -2.29. The van der Waals surface area contributed by atoms with Crippen LogP contribution >= 0.6 is 0 Å². The van der Waals surface area contributed by atoms with E-state index >= 15 is 0 Å². The zero-order valence-electron chi connectivity index (χ0n) is 13.5. The quantitative estimate of drug-likeness (QED) is 0.874. The van der Waals surface area contributed by atoms with Crippen LogP contribution in [0.4, 0.5) is 18.9 Å². The number of pyridine rings is 2. The van der Waals surface area contributed by atoms with Gasteiger partial charge >= 0.3 is 6.18 Å². The summed E-state index contributed by atoms with van der Waals surface area (Å²) in [6.07, 6.45) is -1.16. The second kappa shape index (κ2) is 6.04. The highest BCUT2D eigenvalue weighted by Crippen LogP contribution is 2.58. The maximum atomic E-state index is 13.1. The van der Waals surface area contributed by atoms with E-state index in [1.807, 2.05) is 0 Å². The molecule has 0 aliphatic heterocycles. The first-order valence-electron chi connectivity index (χ1n) is 7.54. The number of alkyl halides is 3. The maximum Gasteiger partial charge on any atom is 0.399 e. The fourth-order valence-corrected chi connectivity index (χ4v) is 3.37. The molecule has 0 unspecified atom stereocenters. The van der Waals surface area contributed by atoms with Gasteiger partial charge in [0.1, 0.15) is 5.41 Å². The summed E-state index contributed by atoms with van der Waals surface area (Å²) in [5, 5.41) is 2.10. The fraction of sp³-hybridized carbons (Fsp3) is 0.312. The van der Waals surface area contributed by atoms with Crippen molar-refractivity contribution >= 4 is 21.4 Å². The predicted molar refractivity (Wildman–Crippen MR) is 86.5 cm³/mol. The third-order valence-corrected chi connectivity index (χ3v) is 5.21. The van der Waals surface area contributed by atoms with E-state index in [2.05, 4.69) is 15.3 Å². The molecule has 26 heavy (non-hydrogen) atoms. The molecule has 1 fully saturated rings. The number of anilines is 1. The van der Waals surface area contributed by atoms with E-state index in [9.17, 15) is 26.4 Å². The van der Waals surface area contributed by atoms with Crippen LogP contribution in [0.3, 0.4) is 0 Å². The minimum Gasteiger partial charge on any atom is -0.319 e. The van der Waals surface area contributed by atoms with Crippen molar-refractivity contribution in [2.45, 2.75) is 29.5 Å². The Morgan fingerprint density at radius 1 is 1.19 bits per heavy atom. The smallest absolute Gasteiger partial charge is 0.319 e. The second-order valence-electron chi connectivity index (χ2n) is 6.09. The Kier molecular flexibility index (Phi) is 4.26. The van der Waals surface area contributed by atoms with Crippen molar-refractivity contribution in [3.8, 4) is 0 Å². The molecule has 138 valence electrons. The van der Waals surface area contributed by atoms with Crippen molar-refractivity contribution in [3.05, 3.63) is 47.9 Å².